The maximum Gasteiger partial charge on any atom is 0.155 e. The first-order valence-electron chi connectivity index (χ1n) is 3.54. The molecule has 0 bridgehead atoms. The first-order chi connectivity index (χ1) is 5.61. The van der Waals surface area contributed by atoms with Crippen LogP contribution < -0.4 is 0 Å². The van der Waals surface area contributed by atoms with Gasteiger partial charge in [-0.1, -0.05) is 23.2 Å². The molecule has 1 rings (SSSR count). The van der Waals surface area contributed by atoms with Crippen LogP contribution in [0.25, 0.3) is 0 Å². The lowest BCUT2D eigenvalue weighted by atomic mass is 10.1. The third-order valence-corrected chi connectivity index (χ3v) is 2.41. The molecular weight excluding hydrogens is 200 g/mol. The van der Waals surface area contributed by atoms with Crippen LogP contribution in [-0.2, 0) is 0 Å². The summed E-state index contributed by atoms with van der Waals surface area (Å²) in [6.45, 7) is 1.85. The molecule has 0 saturated heterocycles. The summed E-state index contributed by atoms with van der Waals surface area (Å²) in [5.41, 5.74) is 0.929. The standard InChI is InChI=1S/C8H8Cl2FN/c1-5-2-3-6(9)7(11)4-12-8(5)10/h4H,2-3H2,1H3. The Hall–Kier alpha value is -0.340. The topological polar surface area (TPSA) is 12.4 Å². The largest absolute Gasteiger partial charge is 0.242 e. The molecule has 0 radical (unpaired) electrons. The second-order valence-corrected chi connectivity index (χ2v) is 3.40. The van der Waals surface area contributed by atoms with E-state index in [9.17, 15) is 4.39 Å². The van der Waals surface area contributed by atoms with Gasteiger partial charge in [0.05, 0.1) is 11.2 Å². The van der Waals surface area contributed by atoms with Gasteiger partial charge in [-0.15, -0.1) is 0 Å². The Labute approximate surface area is 80.6 Å². The third kappa shape index (κ3) is 2.32. The van der Waals surface area contributed by atoms with Crippen LogP contribution in [0.15, 0.2) is 26.6 Å². The minimum Gasteiger partial charge on any atom is -0.242 e. The van der Waals surface area contributed by atoms with Crippen LogP contribution >= 0.6 is 23.2 Å². The van der Waals surface area contributed by atoms with Gasteiger partial charge in [0.25, 0.3) is 0 Å². The van der Waals surface area contributed by atoms with Crippen LogP contribution in [0.1, 0.15) is 19.8 Å². The lowest BCUT2D eigenvalue weighted by molar-refractivity contribution is 0.672. The highest BCUT2D eigenvalue weighted by Gasteiger charge is 2.07. The number of allylic oxidation sites excluding steroid dienone is 3. The smallest absolute Gasteiger partial charge is 0.155 e. The SMILES string of the molecule is CC1=C(Cl)N=CC(F)=C(Cl)CC1. The Balaban J connectivity index is 2.95. The van der Waals surface area contributed by atoms with Gasteiger partial charge in [-0.3, -0.25) is 0 Å². The van der Waals surface area contributed by atoms with Gasteiger partial charge in [0.2, 0.25) is 0 Å². The van der Waals surface area contributed by atoms with E-state index < -0.39 is 5.83 Å². The lowest BCUT2D eigenvalue weighted by Crippen LogP contribution is -1.90. The first-order valence-corrected chi connectivity index (χ1v) is 4.30. The van der Waals surface area contributed by atoms with E-state index in [1.165, 1.54) is 0 Å². The van der Waals surface area contributed by atoms with Crippen molar-refractivity contribution in [1.29, 1.82) is 0 Å². The molecule has 0 amide bonds. The molecule has 0 aliphatic carbocycles. The molecular formula is C8H8Cl2FN. The molecule has 1 nitrogen and oxygen atoms in total. The summed E-state index contributed by atoms with van der Waals surface area (Å²) in [4.78, 5) is 3.70. The van der Waals surface area contributed by atoms with E-state index in [1.807, 2.05) is 6.92 Å². The maximum absolute atomic E-state index is 12.8. The number of aliphatic imine (C=N–C) groups is 1. The highest BCUT2D eigenvalue weighted by Crippen LogP contribution is 2.24. The zero-order valence-corrected chi connectivity index (χ0v) is 8.08. The number of hydrogen-bond acceptors (Lipinski definition) is 1. The molecule has 0 N–H and O–H groups in total. The lowest BCUT2D eigenvalue weighted by Gasteiger charge is -2.05. The summed E-state index contributed by atoms with van der Waals surface area (Å²) in [7, 11) is 0. The van der Waals surface area contributed by atoms with Crippen LogP contribution in [0.3, 0.4) is 0 Å². The van der Waals surface area contributed by atoms with Crippen LogP contribution in [0.2, 0.25) is 0 Å². The van der Waals surface area contributed by atoms with Gasteiger partial charge in [-0.05, 0) is 25.3 Å². The Morgan fingerprint density at radius 1 is 1.42 bits per heavy atom. The molecule has 1 aliphatic rings. The Bertz CT molecular complexity index is 251. The van der Waals surface area contributed by atoms with Gasteiger partial charge in [-0.25, -0.2) is 9.38 Å². The van der Waals surface area contributed by atoms with Crippen LogP contribution in [0, 0.1) is 0 Å². The molecule has 0 aromatic rings. The van der Waals surface area contributed by atoms with E-state index in [0.29, 0.717) is 18.0 Å². The molecule has 0 saturated carbocycles. The zero-order chi connectivity index (χ0) is 9.14. The molecule has 0 aromatic carbocycles. The Morgan fingerprint density at radius 3 is 2.75 bits per heavy atom. The fourth-order valence-electron chi connectivity index (χ4n) is 0.813. The summed E-state index contributed by atoms with van der Waals surface area (Å²) >= 11 is 11.3. The van der Waals surface area contributed by atoms with Gasteiger partial charge >= 0.3 is 0 Å². The van der Waals surface area contributed by atoms with E-state index >= 15 is 0 Å². The summed E-state index contributed by atoms with van der Waals surface area (Å²) < 4.78 is 12.8. The van der Waals surface area contributed by atoms with Crippen molar-refractivity contribution < 1.29 is 4.39 Å². The summed E-state index contributed by atoms with van der Waals surface area (Å²) in [5, 5.41) is 0.566. The molecule has 1 heterocycles. The molecule has 0 unspecified atom stereocenters. The summed E-state index contributed by atoms with van der Waals surface area (Å²) in [5.74, 6) is -0.498. The number of nitrogens with zero attached hydrogens (tertiary/aromatic N) is 1. The quantitative estimate of drug-likeness (QED) is 0.537. The second kappa shape index (κ2) is 4.06. The van der Waals surface area contributed by atoms with Crippen molar-refractivity contribution in [3.8, 4) is 0 Å². The summed E-state index contributed by atoms with van der Waals surface area (Å²) in [6.07, 6.45) is 2.19. The van der Waals surface area contributed by atoms with Crippen molar-refractivity contribution in [3.05, 3.63) is 21.6 Å². The molecule has 0 fully saturated rings. The normalized spacial score (nSPS) is 19.7. The fourth-order valence-corrected chi connectivity index (χ4v) is 1.10. The van der Waals surface area contributed by atoms with E-state index in [-0.39, 0.29) is 5.03 Å². The van der Waals surface area contributed by atoms with Gasteiger partial charge in [0.15, 0.2) is 5.83 Å². The van der Waals surface area contributed by atoms with E-state index in [1.54, 1.807) is 0 Å². The van der Waals surface area contributed by atoms with Crippen LogP contribution in [0.4, 0.5) is 4.39 Å². The monoisotopic (exact) mass is 207 g/mol. The summed E-state index contributed by atoms with van der Waals surface area (Å²) in [6, 6.07) is 0. The predicted molar refractivity (Wildman–Crippen MR) is 50.3 cm³/mol. The third-order valence-electron chi connectivity index (χ3n) is 1.62. The highest BCUT2D eigenvalue weighted by molar-refractivity contribution is 6.32. The van der Waals surface area contributed by atoms with Gasteiger partial charge in [-0.2, -0.15) is 0 Å². The van der Waals surface area contributed by atoms with Gasteiger partial charge < -0.3 is 0 Å². The molecule has 1 aliphatic heterocycles. The highest BCUT2D eigenvalue weighted by atomic mass is 35.5. The average molecular weight is 208 g/mol. The molecule has 0 spiro atoms. The predicted octanol–water partition coefficient (Wildman–Crippen LogP) is 3.74. The number of hydrogen-bond donors (Lipinski definition) is 0. The van der Waals surface area contributed by atoms with E-state index in [4.69, 9.17) is 23.2 Å². The van der Waals surface area contributed by atoms with Crippen molar-refractivity contribution in [2.24, 2.45) is 4.99 Å². The van der Waals surface area contributed by atoms with Crippen molar-refractivity contribution >= 4 is 29.4 Å². The minimum atomic E-state index is -0.498. The maximum atomic E-state index is 12.8. The zero-order valence-electron chi connectivity index (χ0n) is 6.57. The molecule has 66 valence electrons. The van der Waals surface area contributed by atoms with E-state index in [0.717, 1.165) is 11.8 Å². The molecule has 4 heteroatoms. The number of rotatable bonds is 0. The van der Waals surface area contributed by atoms with Gasteiger partial charge in [0, 0.05) is 0 Å². The molecule has 0 aromatic heterocycles. The second-order valence-electron chi connectivity index (χ2n) is 2.58. The van der Waals surface area contributed by atoms with Crippen LogP contribution in [-0.4, -0.2) is 6.21 Å². The number of halogens is 3. The average Bonchev–Trinajstić information content (AvgIpc) is 2.07. The molecule has 0 atom stereocenters. The van der Waals surface area contributed by atoms with Gasteiger partial charge in [0.1, 0.15) is 5.16 Å². The van der Waals surface area contributed by atoms with Crippen molar-refractivity contribution in [3.63, 3.8) is 0 Å². The van der Waals surface area contributed by atoms with Crippen LogP contribution in [0.5, 0.6) is 0 Å². The first kappa shape index (κ1) is 9.75. The van der Waals surface area contributed by atoms with Crippen molar-refractivity contribution in [1.82, 2.24) is 0 Å². The fraction of sp³-hybridized carbons (Fsp3) is 0.375. The minimum absolute atomic E-state index is 0.210. The molecule has 12 heavy (non-hydrogen) atoms. The Kier molecular flexibility index (Phi) is 3.29. The van der Waals surface area contributed by atoms with Crippen molar-refractivity contribution in [2.45, 2.75) is 19.8 Å². The Morgan fingerprint density at radius 2 is 2.08 bits per heavy atom. The van der Waals surface area contributed by atoms with Crippen molar-refractivity contribution in [2.75, 3.05) is 0 Å². The van der Waals surface area contributed by atoms with E-state index in [2.05, 4.69) is 4.99 Å².